The van der Waals surface area contributed by atoms with Crippen molar-refractivity contribution in [2.45, 2.75) is 37.9 Å². The summed E-state index contributed by atoms with van der Waals surface area (Å²) in [6, 6.07) is 15.1. The molecule has 30 heavy (non-hydrogen) atoms. The highest BCUT2D eigenvalue weighted by Gasteiger charge is 2.38. The van der Waals surface area contributed by atoms with Crippen molar-refractivity contribution in [1.82, 2.24) is 14.4 Å². The van der Waals surface area contributed by atoms with E-state index in [1.54, 1.807) is 6.07 Å². The fraction of sp³-hybridized carbons (Fsp3) is 0.333. The maximum atomic E-state index is 13.9. The van der Waals surface area contributed by atoms with Crippen molar-refractivity contribution in [3.8, 4) is 0 Å². The summed E-state index contributed by atoms with van der Waals surface area (Å²) < 4.78 is 52.0. The lowest BCUT2D eigenvalue weighted by atomic mass is 10.2. The van der Waals surface area contributed by atoms with Crippen molar-refractivity contribution in [1.29, 1.82) is 0 Å². The number of nitrogens with zero attached hydrogens (tertiary/aromatic N) is 3. The van der Waals surface area contributed by atoms with Gasteiger partial charge in [0.05, 0.1) is 18.4 Å². The average Bonchev–Trinajstić information content (AvgIpc) is 3.40. The van der Waals surface area contributed by atoms with Gasteiger partial charge in [-0.25, -0.2) is 12.8 Å². The Kier molecular flexibility index (Phi) is 6.21. The summed E-state index contributed by atoms with van der Waals surface area (Å²) in [5.74, 6) is -0.336. The molecule has 1 saturated heterocycles. The molecule has 1 aliphatic heterocycles. The Labute approximate surface area is 174 Å². The van der Waals surface area contributed by atoms with Crippen LogP contribution in [0.4, 0.5) is 4.39 Å². The molecule has 0 aliphatic carbocycles. The van der Waals surface area contributed by atoms with E-state index in [0.717, 1.165) is 5.56 Å². The van der Waals surface area contributed by atoms with Crippen LogP contribution in [0.25, 0.3) is 0 Å². The van der Waals surface area contributed by atoms with Gasteiger partial charge in [0.25, 0.3) is 5.89 Å². The third-order valence-electron chi connectivity index (χ3n) is 4.98. The van der Waals surface area contributed by atoms with Gasteiger partial charge in [-0.05, 0) is 24.5 Å². The van der Waals surface area contributed by atoms with Crippen LogP contribution in [0.1, 0.15) is 41.7 Å². The average molecular weight is 431 g/mol. The topological polar surface area (TPSA) is 85.5 Å². The number of halogens is 1. The monoisotopic (exact) mass is 431 g/mol. The molecule has 7 nitrogen and oxygen atoms in total. The molecule has 0 bridgehead atoms. The van der Waals surface area contributed by atoms with Gasteiger partial charge >= 0.3 is 0 Å². The van der Waals surface area contributed by atoms with Crippen LogP contribution < -0.4 is 0 Å². The zero-order chi connectivity index (χ0) is 21.0. The van der Waals surface area contributed by atoms with Gasteiger partial charge in [0.1, 0.15) is 12.4 Å². The number of benzene rings is 2. The molecule has 0 saturated carbocycles. The predicted octanol–water partition coefficient (Wildman–Crippen LogP) is 3.59. The molecule has 0 radical (unpaired) electrons. The first kappa shape index (κ1) is 20.6. The molecule has 9 heteroatoms. The highest BCUT2D eigenvalue weighted by Crippen LogP contribution is 2.34. The Morgan fingerprint density at radius 2 is 1.87 bits per heavy atom. The lowest BCUT2D eigenvalue weighted by Crippen LogP contribution is -2.32. The second kappa shape index (κ2) is 9.03. The first-order valence-electron chi connectivity index (χ1n) is 9.70. The molecule has 1 aromatic heterocycles. The van der Waals surface area contributed by atoms with Crippen LogP contribution in [-0.2, 0) is 33.7 Å². The summed E-state index contributed by atoms with van der Waals surface area (Å²) >= 11 is 0. The van der Waals surface area contributed by atoms with Crippen LogP contribution >= 0.6 is 0 Å². The molecule has 1 fully saturated rings. The largest absolute Gasteiger partial charge is 0.367 e. The van der Waals surface area contributed by atoms with E-state index >= 15 is 0 Å². The zero-order valence-corrected chi connectivity index (χ0v) is 17.1. The van der Waals surface area contributed by atoms with Crippen molar-refractivity contribution < 1.29 is 22.1 Å². The van der Waals surface area contributed by atoms with Gasteiger partial charge in [0.15, 0.2) is 5.82 Å². The SMILES string of the molecule is O=S(=O)(Cc1ccccc1F)N1CCCC1c1noc(COCc2ccccc2)n1. The molecule has 0 spiro atoms. The Morgan fingerprint density at radius 3 is 2.67 bits per heavy atom. The van der Waals surface area contributed by atoms with E-state index in [1.165, 1.54) is 22.5 Å². The summed E-state index contributed by atoms with van der Waals surface area (Å²) in [6.07, 6.45) is 1.26. The number of aromatic nitrogens is 2. The Balaban J connectivity index is 1.41. The number of hydrogen-bond acceptors (Lipinski definition) is 6. The van der Waals surface area contributed by atoms with E-state index in [-0.39, 0.29) is 12.2 Å². The Hall–Kier alpha value is -2.62. The molecule has 3 aromatic rings. The molecule has 4 rings (SSSR count). The molecule has 1 atom stereocenters. The molecular formula is C21H22FN3O4S. The van der Waals surface area contributed by atoms with Gasteiger partial charge in [0, 0.05) is 12.1 Å². The van der Waals surface area contributed by atoms with Crippen LogP contribution in [0.2, 0.25) is 0 Å². The maximum absolute atomic E-state index is 13.9. The van der Waals surface area contributed by atoms with Crippen LogP contribution in [0, 0.1) is 5.82 Å². The second-order valence-corrected chi connectivity index (χ2v) is 9.06. The highest BCUT2D eigenvalue weighted by molar-refractivity contribution is 7.88. The minimum Gasteiger partial charge on any atom is -0.367 e. The van der Waals surface area contributed by atoms with Crippen molar-refractivity contribution in [3.63, 3.8) is 0 Å². The third kappa shape index (κ3) is 4.75. The van der Waals surface area contributed by atoms with Gasteiger partial charge in [-0.2, -0.15) is 9.29 Å². The first-order chi connectivity index (χ1) is 14.5. The first-order valence-corrected chi connectivity index (χ1v) is 11.3. The zero-order valence-electron chi connectivity index (χ0n) is 16.3. The summed E-state index contributed by atoms with van der Waals surface area (Å²) in [4.78, 5) is 4.33. The summed E-state index contributed by atoms with van der Waals surface area (Å²) in [6.45, 7) is 0.886. The maximum Gasteiger partial charge on any atom is 0.252 e. The van der Waals surface area contributed by atoms with E-state index < -0.39 is 27.6 Å². The minimum atomic E-state index is -3.74. The summed E-state index contributed by atoms with van der Waals surface area (Å²) in [7, 11) is -3.74. The quantitative estimate of drug-likeness (QED) is 0.542. The molecule has 2 aromatic carbocycles. The minimum absolute atomic E-state index is 0.136. The van der Waals surface area contributed by atoms with Crippen LogP contribution in [0.5, 0.6) is 0 Å². The number of hydrogen-bond donors (Lipinski definition) is 0. The summed E-state index contributed by atoms with van der Waals surface area (Å²) in [5, 5.41) is 3.97. The molecule has 1 unspecified atom stereocenters. The molecule has 158 valence electrons. The number of rotatable bonds is 8. The number of sulfonamides is 1. The van der Waals surface area contributed by atoms with E-state index in [1.807, 2.05) is 30.3 Å². The lowest BCUT2D eigenvalue weighted by molar-refractivity contribution is 0.0850. The Morgan fingerprint density at radius 1 is 1.10 bits per heavy atom. The van der Waals surface area contributed by atoms with Gasteiger partial charge in [-0.15, -0.1) is 0 Å². The van der Waals surface area contributed by atoms with Gasteiger partial charge in [-0.1, -0.05) is 53.7 Å². The second-order valence-electron chi connectivity index (χ2n) is 7.14. The van der Waals surface area contributed by atoms with Crippen molar-refractivity contribution >= 4 is 10.0 Å². The fourth-order valence-electron chi connectivity index (χ4n) is 3.52. The number of ether oxygens (including phenoxy) is 1. The molecular weight excluding hydrogens is 409 g/mol. The van der Waals surface area contributed by atoms with Gasteiger partial charge in [0.2, 0.25) is 10.0 Å². The van der Waals surface area contributed by atoms with E-state index in [0.29, 0.717) is 37.7 Å². The Bertz CT molecular complexity index is 1090. The van der Waals surface area contributed by atoms with Crippen molar-refractivity contribution in [2.75, 3.05) is 6.54 Å². The van der Waals surface area contributed by atoms with Crippen molar-refractivity contribution in [2.24, 2.45) is 0 Å². The van der Waals surface area contributed by atoms with E-state index in [4.69, 9.17) is 9.26 Å². The highest BCUT2D eigenvalue weighted by atomic mass is 32.2. The van der Waals surface area contributed by atoms with Gasteiger partial charge < -0.3 is 9.26 Å². The van der Waals surface area contributed by atoms with Crippen LogP contribution in [0.15, 0.2) is 59.1 Å². The third-order valence-corrected chi connectivity index (χ3v) is 6.80. The summed E-state index contributed by atoms with van der Waals surface area (Å²) in [5.41, 5.74) is 1.17. The molecule has 2 heterocycles. The van der Waals surface area contributed by atoms with Gasteiger partial charge in [-0.3, -0.25) is 0 Å². The lowest BCUT2D eigenvalue weighted by Gasteiger charge is -2.21. The van der Waals surface area contributed by atoms with Crippen LogP contribution in [-0.4, -0.2) is 29.4 Å². The van der Waals surface area contributed by atoms with E-state index in [2.05, 4.69) is 10.1 Å². The fourth-order valence-corrected chi connectivity index (χ4v) is 5.31. The van der Waals surface area contributed by atoms with E-state index in [9.17, 15) is 12.8 Å². The standard InChI is InChI=1S/C21H22FN3O4S/c22-18-10-5-4-9-17(18)15-30(26,27)25-12-6-11-19(25)21-23-20(29-24-21)14-28-13-16-7-2-1-3-8-16/h1-5,7-10,19H,6,11-15H2. The smallest absolute Gasteiger partial charge is 0.252 e. The molecule has 1 aliphatic rings. The predicted molar refractivity (Wildman–Crippen MR) is 107 cm³/mol. The van der Waals surface area contributed by atoms with Crippen LogP contribution in [0.3, 0.4) is 0 Å². The van der Waals surface area contributed by atoms with Crippen molar-refractivity contribution in [3.05, 3.63) is 83.3 Å². The molecule has 0 N–H and O–H groups in total. The normalized spacial score (nSPS) is 17.4. The molecule has 0 amide bonds.